The van der Waals surface area contributed by atoms with Crippen molar-refractivity contribution in [3.8, 4) is 33.4 Å². The number of anilines is 8. The van der Waals surface area contributed by atoms with E-state index in [4.69, 9.17) is 0 Å². The SMILES string of the molecule is CC(C)(C)c1ccc(N2c3cc(-c4ccccc4)ccc3B3c4ccc(C(C)(C)C)cc4N(c4ccc(C(C)(C)C)cc4-c4ccccc4)c4cc(N5c6ccccc6C6(C)CCCCC56C)cc2c43)c(-c2ccccc2)c1. The molecule has 2 unspecified atom stereocenters. The maximum absolute atomic E-state index is 2.81. The van der Waals surface area contributed by atoms with Gasteiger partial charge in [0, 0.05) is 50.7 Å². The first-order valence-corrected chi connectivity index (χ1v) is 28.8. The zero-order chi connectivity index (χ0) is 54.1. The number of hydrogen-bond donors (Lipinski definition) is 0. The van der Waals surface area contributed by atoms with Gasteiger partial charge in [0.2, 0.25) is 0 Å². The molecule has 3 nitrogen and oxygen atoms in total. The smallest absolute Gasteiger partial charge is 0.252 e. The standard InChI is InChI=1S/C74H74BN3/c1-70(2,3)53-35-39-62(57(44-53)50-27-17-13-18-28-50)76-65-43-52(49-25-15-12-16-26-49)33-37-60(65)75-61-38-34-55(72(7,8)9)46-66(61)77(63-40-36-54(71(4,5)6)45-58(63)51-29-19-14-20-30-51)68-48-56(47-67(76)69(68)75)78-64-32-22-21-31-59(64)73(10)41-23-24-42-74(73,78)11/h12-22,25-40,43-48H,23-24,41-42H2,1-11H3. The summed E-state index contributed by atoms with van der Waals surface area (Å²) >= 11 is 0. The first-order chi connectivity index (χ1) is 37.3. The lowest BCUT2D eigenvalue weighted by Gasteiger charge is -2.51. The molecule has 4 heteroatoms. The molecule has 0 saturated heterocycles. The van der Waals surface area contributed by atoms with Gasteiger partial charge in [0.1, 0.15) is 0 Å². The summed E-state index contributed by atoms with van der Waals surface area (Å²) in [6.45, 7) is 26.2. The van der Waals surface area contributed by atoms with Crippen molar-refractivity contribution < 1.29 is 0 Å². The van der Waals surface area contributed by atoms with E-state index in [2.05, 4.69) is 291 Å². The molecule has 3 heterocycles. The minimum absolute atomic E-state index is 0.0329. The fraction of sp³-hybridized carbons (Fsp3) is 0.270. The highest BCUT2D eigenvalue weighted by Gasteiger charge is 2.58. The van der Waals surface area contributed by atoms with Gasteiger partial charge in [0.05, 0.1) is 16.9 Å². The minimum atomic E-state index is -0.170. The Morgan fingerprint density at radius 3 is 1.36 bits per heavy atom. The van der Waals surface area contributed by atoms with Crippen LogP contribution in [-0.4, -0.2) is 12.3 Å². The molecule has 0 bridgehead atoms. The number of benzene rings is 9. The van der Waals surface area contributed by atoms with Crippen molar-refractivity contribution in [1.29, 1.82) is 0 Å². The summed E-state index contributed by atoms with van der Waals surface area (Å²) in [6.07, 6.45) is 4.71. The molecule has 3 aliphatic heterocycles. The summed E-state index contributed by atoms with van der Waals surface area (Å²) in [6, 6.07) is 77.4. The fourth-order valence-corrected chi connectivity index (χ4v) is 14.1. The zero-order valence-electron chi connectivity index (χ0n) is 47.8. The molecule has 1 saturated carbocycles. The molecule has 388 valence electrons. The quantitative estimate of drug-likeness (QED) is 0.154. The Balaban J connectivity index is 1.20. The molecule has 0 radical (unpaired) electrons. The first kappa shape index (κ1) is 50.0. The van der Waals surface area contributed by atoms with Gasteiger partial charge in [0.15, 0.2) is 0 Å². The minimum Gasteiger partial charge on any atom is -0.334 e. The van der Waals surface area contributed by atoms with Gasteiger partial charge in [-0.3, -0.25) is 0 Å². The van der Waals surface area contributed by atoms with Crippen LogP contribution in [0.3, 0.4) is 0 Å². The molecule has 0 aromatic heterocycles. The molecule has 78 heavy (non-hydrogen) atoms. The lowest BCUT2D eigenvalue weighted by Crippen LogP contribution is -2.61. The molecule has 13 rings (SSSR count). The van der Waals surface area contributed by atoms with Crippen LogP contribution in [0.15, 0.2) is 200 Å². The van der Waals surface area contributed by atoms with E-state index in [1.165, 1.54) is 130 Å². The zero-order valence-corrected chi connectivity index (χ0v) is 47.8. The Morgan fingerprint density at radius 2 is 0.821 bits per heavy atom. The van der Waals surface area contributed by atoms with Gasteiger partial charge in [0.25, 0.3) is 6.71 Å². The van der Waals surface area contributed by atoms with Gasteiger partial charge in [-0.1, -0.05) is 228 Å². The third kappa shape index (κ3) is 7.83. The van der Waals surface area contributed by atoms with E-state index < -0.39 is 0 Å². The third-order valence-electron chi connectivity index (χ3n) is 18.7. The average Bonchev–Trinajstić information content (AvgIpc) is 3.69. The second kappa shape index (κ2) is 18.0. The van der Waals surface area contributed by atoms with Crippen LogP contribution >= 0.6 is 0 Å². The van der Waals surface area contributed by atoms with E-state index in [1.54, 1.807) is 0 Å². The summed E-state index contributed by atoms with van der Waals surface area (Å²) < 4.78 is 0. The Morgan fingerprint density at radius 1 is 0.372 bits per heavy atom. The molecular weight excluding hydrogens is 942 g/mol. The molecule has 0 spiro atoms. The van der Waals surface area contributed by atoms with Gasteiger partial charge in [-0.15, -0.1) is 0 Å². The predicted octanol–water partition coefficient (Wildman–Crippen LogP) is 18.4. The van der Waals surface area contributed by atoms with Gasteiger partial charge >= 0.3 is 0 Å². The first-order valence-electron chi connectivity index (χ1n) is 28.8. The normalized spacial score (nSPS) is 18.5. The molecule has 1 aliphatic carbocycles. The Kier molecular flexibility index (Phi) is 11.5. The monoisotopic (exact) mass is 1020 g/mol. The van der Waals surface area contributed by atoms with E-state index in [1.807, 2.05) is 0 Å². The van der Waals surface area contributed by atoms with Crippen LogP contribution in [0.2, 0.25) is 0 Å². The van der Waals surface area contributed by atoms with Gasteiger partial charge in [-0.25, -0.2) is 0 Å². The second-order valence-electron chi connectivity index (χ2n) is 26.5. The Labute approximate surface area is 465 Å². The van der Waals surface area contributed by atoms with Crippen LogP contribution in [0.25, 0.3) is 33.4 Å². The molecule has 4 aliphatic rings. The van der Waals surface area contributed by atoms with Crippen molar-refractivity contribution in [1.82, 2.24) is 0 Å². The average molecular weight is 1020 g/mol. The van der Waals surface area contributed by atoms with Crippen LogP contribution in [0.5, 0.6) is 0 Å². The van der Waals surface area contributed by atoms with Crippen molar-refractivity contribution in [2.24, 2.45) is 0 Å². The van der Waals surface area contributed by atoms with E-state index in [0.29, 0.717) is 0 Å². The Bertz CT molecular complexity index is 3800. The van der Waals surface area contributed by atoms with Crippen molar-refractivity contribution >= 4 is 68.6 Å². The maximum atomic E-state index is 2.81. The molecule has 0 N–H and O–H groups in total. The number of rotatable bonds is 6. The number of hydrogen-bond acceptors (Lipinski definition) is 3. The van der Waals surface area contributed by atoms with E-state index in [-0.39, 0.29) is 33.9 Å². The van der Waals surface area contributed by atoms with E-state index in [0.717, 1.165) is 12.8 Å². The van der Waals surface area contributed by atoms with Gasteiger partial charge in [-0.2, -0.15) is 0 Å². The van der Waals surface area contributed by atoms with Crippen LogP contribution in [0.1, 0.15) is 124 Å². The van der Waals surface area contributed by atoms with Gasteiger partial charge < -0.3 is 14.7 Å². The van der Waals surface area contributed by atoms with Crippen LogP contribution < -0.4 is 31.1 Å². The molecular formula is C74H74BN3. The van der Waals surface area contributed by atoms with Crippen molar-refractivity contribution in [2.75, 3.05) is 14.7 Å². The van der Waals surface area contributed by atoms with Crippen molar-refractivity contribution in [2.45, 2.75) is 129 Å². The van der Waals surface area contributed by atoms with Crippen molar-refractivity contribution in [3.05, 3.63) is 222 Å². The third-order valence-corrected chi connectivity index (χ3v) is 18.7. The predicted molar refractivity (Wildman–Crippen MR) is 336 cm³/mol. The number of para-hydroxylation sites is 1. The number of fused-ring (bicyclic) bond motifs is 7. The lowest BCUT2D eigenvalue weighted by atomic mass is 9.33. The largest absolute Gasteiger partial charge is 0.334 e. The molecule has 9 aromatic carbocycles. The second-order valence-corrected chi connectivity index (χ2v) is 26.5. The van der Waals surface area contributed by atoms with Crippen LogP contribution in [-0.2, 0) is 21.7 Å². The highest BCUT2D eigenvalue weighted by molar-refractivity contribution is 7.00. The van der Waals surface area contributed by atoms with Gasteiger partial charge in [-0.05, 0) is 152 Å². The summed E-state index contributed by atoms with van der Waals surface area (Å²) in [5.41, 5.74) is 26.1. The molecule has 2 atom stereocenters. The van der Waals surface area contributed by atoms with Crippen LogP contribution in [0, 0.1) is 0 Å². The summed E-state index contributed by atoms with van der Waals surface area (Å²) in [5, 5.41) is 0. The van der Waals surface area contributed by atoms with Crippen LogP contribution in [0.4, 0.5) is 45.5 Å². The lowest BCUT2D eigenvalue weighted by molar-refractivity contribution is 0.195. The van der Waals surface area contributed by atoms with E-state index >= 15 is 0 Å². The summed E-state index contributed by atoms with van der Waals surface area (Å²) in [7, 11) is 0. The summed E-state index contributed by atoms with van der Waals surface area (Å²) in [4.78, 5) is 8.19. The molecule has 9 aromatic rings. The fourth-order valence-electron chi connectivity index (χ4n) is 14.1. The topological polar surface area (TPSA) is 9.72 Å². The Hall–Kier alpha value is -7.56. The van der Waals surface area contributed by atoms with Crippen molar-refractivity contribution in [3.63, 3.8) is 0 Å². The summed E-state index contributed by atoms with van der Waals surface area (Å²) in [5.74, 6) is 0. The van der Waals surface area contributed by atoms with E-state index in [9.17, 15) is 0 Å². The maximum Gasteiger partial charge on any atom is 0.252 e. The number of nitrogens with zero attached hydrogens (tertiary/aromatic N) is 3. The highest BCUT2D eigenvalue weighted by atomic mass is 15.3. The molecule has 0 amide bonds. The highest BCUT2D eigenvalue weighted by Crippen LogP contribution is 2.62. The molecule has 1 fully saturated rings.